The Bertz CT molecular complexity index is 339. The van der Waals surface area contributed by atoms with E-state index < -0.39 is 0 Å². The maximum atomic E-state index is 11.5. The summed E-state index contributed by atoms with van der Waals surface area (Å²) in [6.07, 6.45) is 9.52. The molecule has 0 aromatic rings. The highest BCUT2D eigenvalue weighted by Crippen LogP contribution is 2.19. The Morgan fingerprint density at radius 1 is 1.04 bits per heavy atom. The van der Waals surface area contributed by atoms with Gasteiger partial charge < -0.3 is 20.7 Å². The maximum absolute atomic E-state index is 11.5. The Labute approximate surface area is 140 Å². The van der Waals surface area contributed by atoms with Crippen LogP contribution in [0.4, 0.5) is 0 Å². The summed E-state index contributed by atoms with van der Waals surface area (Å²) < 4.78 is 5.94. The van der Waals surface area contributed by atoms with Crippen molar-refractivity contribution < 1.29 is 9.53 Å². The van der Waals surface area contributed by atoms with Crippen LogP contribution in [0.25, 0.3) is 0 Å². The van der Waals surface area contributed by atoms with Crippen LogP contribution < -0.4 is 16.0 Å². The first-order valence-electron chi connectivity index (χ1n) is 9.09. The van der Waals surface area contributed by atoms with Gasteiger partial charge in [-0.25, -0.2) is 0 Å². The molecule has 0 radical (unpaired) electrons. The number of rotatable bonds is 9. The van der Waals surface area contributed by atoms with Crippen LogP contribution >= 0.6 is 0 Å². The van der Waals surface area contributed by atoms with Crippen molar-refractivity contribution in [2.24, 2.45) is 4.99 Å². The van der Waals surface area contributed by atoms with Gasteiger partial charge in [-0.2, -0.15) is 0 Å². The molecule has 1 amide bonds. The van der Waals surface area contributed by atoms with Gasteiger partial charge in [-0.15, -0.1) is 0 Å². The van der Waals surface area contributed by atoms with Gasteiger partial charge in [0.15, 0.2) is 5.96 Å². The molecule has 0 aliphatic heterocycles. The highest BCUT2D eigenvalue weighted by molar-refractivity contribution is 5.81. The van der Waals surface area contributed by atoms with Crippen LogP contribution in [-0.4, -0.2) is 51.3 Å². The number of nitrogens with one attached hydrogen (secondary N) is 3. The Hall–Kier alpha value is -1.30. The summed E-state index contributed by atoms with van der Waals surface area (Å²) in [5.74, 6) is 0.796. The molecule has 3 N–H and O–H groups in total. The summed E-state index contributed by atoms with van der Waals surface area (Å²) in [6, 6.07) is 0. The van der Waals surface area contributed by atoms with Crippen molar-refractivity contribution in [2.75, 3.05) is 33.3 Å². The first kappa shape index (κ1) is 19.7. The lowest BCUT2D eigenvalue weighted by atomic mass is 10.1. The number of aliphatic imine (C=N–C) groups is 1. The fraction of sp³-hybridized carbons (Fsp3) is 0.882. The van der Waals surface area contributed by atoms with E-state index in [4.69, 9.17) is 4.74 Å². The first-order chi connectivity index (χ1) is 11.3. The normalized spacial score (nSPS) is 16.7. The number of hydrogen-bond acceptors (Lipinski definition) is 3. The van der Waals surface area contributed by atoms with Gasteiger partial charge in [0.2, 0.25) is 5.91 Å². The lowest BCUT2D eigenvalue weighted by Crippen LogP contribution is -2.41. The van der Waals surface area contributed by atoms with Crippen molar-refractivity contribution in [1.29, 1.82) is 0 Å². The Morgan fingerprint density at radius 2 is 1.74 bits per heavy atom. The molecule has 134 valence electrons. The van der Waals surface area contributed by atoms with Gasteiger partial charge in [0.05, 0.1) is 12.7 Å². The molecule has 0 bridgehead atoms. The SMILES string of the molecule is CCCNC(=O)CCNC(=NC)NCCOC1CCCCCC1. The zero-order valence-electron chi connectivity index (χ0n) is 14.8. The average Bonchev–Trinajstić information content (AvgIpc) is 2.83. The van der Waals surface area contributed by atoms with Crippen molar-refractivity contribution in [3.05, 3.63) is 0 Å². The average molecular weight is 326 g/mol. The van der Waals surface area contributed by atoms with Crippen LogP contribution in [0.1, 0.15) is 58.3 Å². The molecular formula is C17H34N4O2. The van der Waals surface area contributed by atoms with Crippen molar-refractivity contribution >= 4 is 11.9 Å². The number of hydrogen-bond donors (Lipinski definition) is 3. The lowest BCUT2D eigenvalue weighted by molar-refractivity contribution is -0.120. The number of ether oxygens (including phenoxy) is 1. The summed E-state index contributed by atoms with van der Waals surface area (Å²) in [6.45, 7) is 4.80. The van der Waals surface area contributed by atoms with Gasteiger partial charge in [-0.3, -0.25) is 9.79 Å². The van der Waals surface area contributed by atoms with Crippen LogP contribution in [0, 0.1) is 0 Å². The molecule has 0 aromatic carbocycles. The van der Waals surface area contributed by atoms with E-state index in [1.807, 2.05) is 6.92 Å². The van der Waals surface area contributed by atoms with Gasteiger partial charge in [0, 0.05) is 33.1 Å². The quantitative estimate of drug-likeness (QED) is 0.261. The summed E-state index contributed by atoms with van der Waals surface area (Å²) >= 11 is 0. The molecule has 1 rings (SSSR count). The molecule has 0 heterocycles. The zero-order chi connectivity index (χ0) is 16.8. The van der Waals surface area contributed by atoms with Gasteiger partial charge in [0.25, 0.3) is 0 Å². The number of guanidine groups is 1. The van der Waals surface area contributed by atoms with Gasteiger partial charge in [-0.05, 0) is 19.3 Å². The second kappa shape index (κ2) is 13.2. The van der Waals surface area contributed by atoms with Crippen molar-refractivity contribution in [3.63, 3.8) is 0 Å². The zero-order valence-corrected chi connectivity index (χ0v) is 14.8. The standard InChI is InChI=1S/C17H34N4O2/c1-3-11-19-16(22)10-12-20-17(18-2)21-13-14-23-15-8-6-4-5-7-9-15/h15H,3-14H2,1-2H3,(H,19,22)(H2,18,20,21). The Kier molecular flexibility index (Phi) is 11.3. The van der Waals surface area contributed by atoms with Crippen molar-refractivity contribution in [1.82, 2.24) is 16.0 Å². The third-order valence-corrected chi connectivity index (χ3v) is 3.99. The molecular weight excluding hydrogens is 292 g/mol. The molecule has 0 unspecified atom stereocenters. The fourth-order valence-corrected chi connectivity index (χ4v) is 2.67. The lowest BCUT2D eigenvalue weighted by Gasteiger charge is -2.16. The first-order valence-corrected chi connectivity index (χ1v) is 9.09. The minimum atomic E-state index is 0.0755. The number of carbonyl (C=O) groups excluding carboxylic acids is 1. The molecule has 1 fully saturated rings. The van der Waals surface area contributed by atoms with E-state index >= 15 is 0 Å². The molecule has 0 atom stereocenters. The smallest absolute Gasteiger partial charge is 0.221 e. The van der Waals surface area contributed by atoms with Crippen LogP contribution in [0.5, 0.6) is 0 Å². The Balaban J connectivity index is 2.06. The topological polar surface area (TPSA) is 74.8 Å². The van der Waals surface area contributed by atoms with Crippen molar-refractivity contribution in [3.8, 4) is 0 Å². The number of nitrogens with zero attached hydrogens (tertiary/aromatic N) is 1. The van der Waals surface area contributed by atoms with E-state index in [0.717, 1.165) is 25.5 Å². The Morgan fingerprint density at radius 3 is 2.39 bits per heavy atom. The monoisotopic (exact) mass is 326 g/mol. The summed E-state index contributed by atoms with van der Waals surface area (Å²) in [5, 5.41) is 9.23. The molecule has 0 aromatic heterocycles. The minimum absolute atomic E-state index is 0.0755. The van der Waals surface area contributed by atoms with Crippen LogP contribution in [0.15, 0.2) is 4.99 Å². The summed E-state index contributed by atoms with van der Waals surface area (Å²) in [7, 11) is 1.73. The highest BCUT2D eigenvalue weighted by Gasteiger charge is 2.12. The maximum Gasteiger partial charge on any atom is 0.221 e. The van der Waals surface area contributed by atoms with E-state index in [0.29, 0.717) is 25.7 Å². The van der Waals surface area contributed by atoms with E-state index in [2.05, 4.69) is 20.9 Å². The molecule has 1 aliphatic rings. The number of amides is 1. The highest BCUT2D eigenvalue weighted by atomic mass is 16.5. The van der Waals surface area contributed by atoms with Crippen LogP contribution in [0.2, 0.25) is 0 Å². The molecule has 0 saturated heterocycles. The molecule has 23 heavy (non-hydrogen) atoms. The van der Waals surface area contributed by atoms with E-state index in [9.17, 15) is 4.79 Å². The van der Waals surface area contributed by atoms with Crippen LogP contribution in [0.3, 0.4) is 0 Å². The number of carbonyl (C=O) groups is 1. The van der Waals surface area contributed by atoms with Crippen molar-refractivity contribution in [2.45, 2.75) is 64.4 Å². The third-order valence-electron chi connectivity index (χ3n) is 3.99. The molecule has 6 heteroatoms. The molecule has 1 aliphatic carbocycles. The summed E-state index contributed by atoms with van der Waals surface area (Å²) in [5.41, 5.74) is 0. The van der Waals surface area contributed by atoms with E-state index in [1.165, 1.54) is 38.5 Å². The van der Waals surface area contributed by atoms with E-state index in [-0.39, 0.29) is 5.91 Å². The van der Waals surface area contributed by atoms with Gasteiger partial charge in [-0.1, -0.05) is 32.6 Å². The predicted molar refractivity (Wildman–Crippen MR) is 94.7 cm³/mol. The predicted octanol–water partition coefficient (Wildman–Crippen LogP) is 1.81. The second-order valence-corrected chi connectivity index (χ2v) is 6.01. The molecule has 1 saturated carbocycles. The summed E-state index contributed by atoms with van der Waals surface area (Å²) in [4.78, 5) is 15.7. The van der Waals surface area contributed by atoms with Gasteiger partial charge in [0.1, 0.15) is 0 Å². The second-order valence-electron chi connectivity index (χ2n) is 6.01. The molecule has 0 spiro atoms. The van der Waals surface area contributed by atoms with Gasteiger partial charge >= 0.3 is 0 Å². The molecule has 6 nitrogen and oxygen atoms in total. The fourth-order valence-electron chi connectivity index (χ4n) is 2.67. The van der Waals surface area contributed by atoms with Crippen LogP contribution in [-0.2, 0) is 9.53 Å². The third kappa shape index (κ3) is 10.2. The minimum Gasteiger partial charge on any atom is -0.376 e. The van der Waals surface area contributed by atoms with E-state index in [1.54, 1.807) is 7.05 Å². The largest absolute Gasteiger partial charge is 0.376 e.